The van der Waals surface area contributed by atoms with Crippen molar-refractivity contribution >= 4 is 5.91 Å². The Balaban J connectivity index is 2.26. The minimum atomic E-state index is -1.66. The Morgan fingerprint density at radius 3 is 1.17 bits per heavy atom. The quantitative estimate of drug-likeness (QED) is 0.0273. The highest BCUT2D eigenvalue weighted by Gasteiger charge is 2.44. The number of amides is 1. The molecule has 376 valence electrons. The average molecular weight is 902 g/mol. The van der Waals surface area contributed by atoms with Gasteiger partial charge in [-0.3, -0.25) is 4.79 Å². The summed E-state index contributed by atoms with van der Waals surface area (Å²) in [6, 6.07) is -1.16. The Bertz CT molecular complexity index is 991. The second-order valence-corrected chi connectivity index (χ2v) is 19.3. The molecule has 0 spiro atoms. The van der Waals surface area contributed by atoms with Crippen molar-refractivity contribution in [1.82, 2.24) is 5.32 Å². The molecule has 9 unspecified atom stereocenters. The molecule has 1 aliphatic heterocycles. The van der Waals surface area contributed by atoms with Crippen LogP contribution in [0, 0.1) is 0 Å². The standard InChI is InChI=1S/C52H103NO10/c1-3-5-7-9-11-13-15-16-17-18-19-20-21-22-23-24-25-26-27-28-29-30-32-33-35-37-39-44(55)47(57)43(42-62-52-50(60)49(59)48(58)46(41-54)63-52)53-51(61)45(56)40-38-36-34-31-14-12-10-8-6-4-2/h43-50,52,54-60H,3-42H2,1-2H3,(H,53,61). The van der Waals surface area contributed by atoms with Gasteiger partial charge in [-0.1, -0.05) is 245 Å². The van der Waals surface area contributed by atoms with Gasteiger partial charge in [0.25, 0.3) is 0 Å². The lowest BCUT2D eigenvalue weighted by atomic mass is 9.98. The van der Waals surface area contributed by atoms with Gasteiger partial charge in [-0.05, 0) is 12.8 Å². The lowest BCUT2D eigenvalue weighted by molar-refractivity contribution is -0.303. The largest absolute Gasteiger partial charge is 0.394 e. The van der Waals surface area contributed by atoms with E-state index in [-0.39, 0.29) is 6.42 Å². The summed E-state index contributed by atoms with van der Waals surface area (Å²) in [5.41, 5.74) is 0. The molecule has 0 aromatic rings. The zero-order valence-electron chi connectivity index (χ0n) is 40.8. The summed E-state index contributed by atoms with van der Waals surface area (Å²) >= 11 is 0. The maximum absolute atomic E-state index is 13.1. The van der Waals surface area contributed by atoms with Crippen LogP contribution in [0.2, 0.25) is 0 Å². The third-order valence-corrected chi connectivity index (χ3v) is 13.4. The molecule has 1 saturated heterocycles. The Morgan fingerprint density at radius 2 is 0.825 bits per heavy atom. The molecule has 0 aromatic heterocycles. The van der Waals surface area contributed by atoms with E-state index >= 15 is 0 Å². The van der Waals surface area contributed by atoms with Gasteiger partial charge in [-0.25, -0.2) is 0 Å². The molecule has 0 aromatic carbocycles. The minimum Gasteiger partial charge on any atom is -0.394 e. The van der Waals surface area contributed by atoms with E-state index in [1.165, 1.54) is 180 Å². The van der Waals surface area contributed by atoms with Gasteiger partial charge < -0.3 is 50.5 Å². The SMILES string of the molecule is CCCCCCCCCCCCCCCCCCCCCCCCCCCCC(O)C(O)C(COC1OC(CO)C(O)C(O)C1O)NC(=O)C(O)CCCCCCCCCCCC. The number of aliphatic hydroxyl groups is 7. The second-order valence-electron chi connectivity index (χ2n) is 19.3. The number of nitrogens with one attached hydrogen (secondary N) is 1. The van der Waals surface area contributed by atoms with Crippen molar-refractivity contribution in [2.24, 2.45) is 0 Å². The fraction of sp³-hybridized carbons (Fsp3) is 0.981. The van der Waals surface area contributed by atoms with Crippen LogP contribution >= 0.6 is 0 Å². The minimum absolute atomic E-state index is 0.265. The van der Waals surface area contributed by atoms with Crippen LogP contribution in [0.25, 0.3) is 0 Å². The Hall–Kier alpha value is -0.890. The highest BCUT2D eigenvalue weighted by molar-refractivity contribution is 5.80. The van der Waals surface area contributed by atoms with Gasteiger partial charge in [0.1, 0.15) is 36.6 Å². The molecule has 1 fully saturated rings. The zero-order valence-corrected chi connectivity index (χ0v) is 40.8. The molecular formula is C52H103NO10. The molecule has 0 radical (unpaired) electrons. The Kier molecular flexibility index (Phi) is 40.5. The first-order valence-electron chi connectivity index (χ1n) is 26.9. The van der Waals surface area contributed by atoms with Crippen molar-refractivity contribution in [1.29, 1.82) is 0 Å². The summed E-state index contributed by atoms with van der Waals surface area (Å²) in [5, 5.41) is 75.8. The topological polar surface area (TPSA) is 189 Å². The van der Waals surface area contributed by atoms with Crippen molar-refractivity contribution in [2.45, 2.75) is 313 Å². The summed E-state index contributed by atoms with van der Waals surface area (Å²) < 4.78 is 11.1. The smallest absolute Gasteiger partial charge is 0.249 e. The van der Waals surface area contributed by atoms with Gasteiger partial charge >= 0.3 is 0 Å². The van der Waals surface area contributed by atoms with Crippen LogP contribution in [0.4, 0.5) is 0 Å². The summed E-state index contributed by atoms with van der Waals surface area (Å²) in [7, 11) is 0. The summed E-state index contributed by atoms with van der Waals surface area (Å²) in [4.78, 5) is 13.1. The van der Waals surface area contributed by atoms with Crippen molar-refractivity contribution < 1.29 is 50.0 Å². The number of carbonyl (C=O) groups excluding carboxylic acids is 1. The number of rotatable bonds is 46. The van der Waals surface area contributed by atoms with Crippen LogP contribution in [0.15, 0.2) is 0 Å². The van der Waals surface area contributed by atoms with E-state index < -0.39 is 74.2 Å². The molecular weight excluding hydrogens is 799 g/mol. The van der Waals surface area contributed by atoms with Crippen molar-refractivity contribution in [3.05, 3.63) is 0 Å². The summed E-state index contributed by atoms with van der Waals surface area (Å²) in [6.45, 7) is 3.45. The van der Waals surface area contributed by atoms with E-state index in [4.69, 9.17) is 9.47 Å². The highest BCUT2D eigenvalue weighted by atomic mass is 16.7. The molecule has 1 heterocycles. The number of unbranched alkanes of at least 4 members (excludes halogenated alkanes) is 34. The molecule has 63 heavy (non-hydrogen) atoms. The Labute approximate surface area is 386 Å². The van der Waals surface area contributed by atoms with Crippen molar-refractivity contribution in [3.63, 3.8) is 0 Å². The van der Waals surface area contributed by atoms with E-state index in [0.29, 0.717) is 19.3 Å². The van der Waals surface area contributed by atoms with Gasteiger partial charge in [0.2, 0.25) is 5.91 Å². The molecule has 1 rings (SSSR count). The number of carbonyl (C=O) groups is 1. The molecule has 11 nitrogen and oxygen atoms in total. The maximum atomic E-state index is 13.1. The van der Waals surface area contributed by atoms with Gasteiger partial charge in [0.15, 0.2) is 6.29 Å². The summed E-state index contributed by atoms with van der Waals surface area (Å²) in [5.74, 6) is -0.695. The first-order valence-corrected chi connectivity index (χ1v) is 26.9. The lowest BCUT2D eigenvalue weighted by Gasteiger charge is -2.40. The van der Waals surface area contributed by atoms with E-state index in [1.807, 2.05) is 0 Å². The van der Waals surface area contributed by atoms with Gasteiger partial charge in [0.05, 0.1) is 25.4 Å². The van der Waals surface area contributed by atoms with Crippen LogP contribution in [-0.2, 0) is 14.3 Å². The molecule has 0 aliphatic carbocycles. The first kappa shape index (κ1) is 60.1. The number of ether oxygens (including phenoxy) is 2. The third kappa shape index (κ3) is 31.7. The number of aliphatic hydroxyl groups excluding tert-OH is 7. The molecule has 11 heteroatoms. The predicted molar refractivity (Wildman–Crippen MR) is 256 cm³/mol. The lowest BCUT2D eigenvalue weighted by Crippen LogP contribution is -2.60. The molecule has 9 atom stereocenters. The van der Waals surface area contributed by atoms with E-state index in [0.717, 1.165) is 38.5 Å². The van der Waals surface area contributed by atoms with Gasteiger partial charge in [-0.2, -0.15) is 0 Å². The predicted octanol–water partition coefficient (Wildman–Crippen LogP) is 10.2. The van der Waals surface area contributed by atoms with Crippen molar-refractivity contribution in [2.75, 3.05) is 13.2 Å². The van der Waals surface area contributed by atoms with Crippen LogP contribution in [0.1, 0.15) is 258 Å². The van der Waals surface area contributed by atoms with Crippen molar-refractivity contribution in [3.8, 4) is 0 Å². The molecule has 0 saturated carbocycles. The van der Waals surface area contributed by atoms with Gasteiger partial charge in [0, 0.05) is 0 Å². The van der Waals surface area contributed by atoms with E-state index in [9.17, 15) is 40.5 Å². The van der Waals surface area contributed by atoms with Crippen LogP contribution in [0.3, 0.4) is 0 Å². The number of hydrogen-bond donors (Lipinski definition) is 8. The van der Waals surface area contributed by atoms with Crippen LogP contribution < -0.4 is 5.32 Å². The fourth-order valence-corrected chi connectivity index (χ4v) is 8.97. The van der Waals surface area contributed by atoms with E-state index in [1.54, 1.807) is 0 Å². The average Bonchev–Trinajstić information content (AvgIpc) is 3.28. The Morgan fingerprint density at radius 1 is 0.492 bits per heavy atom. The monoisotopic (exact) mass is 902 g/mol. The number of hydrogen-bond acceptors (Lipinski definition) is 10. The normalized spacial score (nSPS) is 21.1. The molecule has 1 aliphatic rings. The third-order valence-electron chi connectivity index (χ3n) is 13.4. The first-order chi connectivity index (χ1) is 30.7. The van der Waals surface area contributed by atoms with Crippen LogP contribution in [-0.4, -0.2) is 110 Å². The van der Waals surface area contributed by atoms with E-state index in [2.05, 4.69) is 19.2 Å². The molecule has 0 bridgehead atoms. The second kappa shape index (κ2) is 42.5. The molecule has 1 amide bonds. The molecule has 8 N–H and O–H groups in total. The highest BCUT2D eigenvalue weighted by Crippen LogP contribution is 2.23. The maximum Gasteiger partial charge on any atom is 0.249 e. The zero-order chi connectivity index (χ0) is 46.2. The van der Waals surface area contributed by atoms with Gasteiger partial charge in [-0.15, -0.1) is 0 Å². The fourth-order valence-electron chi connectivity index (χ4n) is 8.97. The summed E-state index contributed by atoms with van der Waals surface area (Å²) in [6.07, 6.45) is 34.6. The van der Waals surface area contributed by atoms with Crippen LogP contribution in [0.5, 0.6) is 0 Å².